The van der Waals surface area contributed by atoms with Gasteiger partial charge in [-0.1, -0.05) is 12.8 Å². The van der Waals surface area contributed by atoms with Crippen LogP contribution >= 0.6 is 0 Å². The molecule has 3 fully saturated rings. The quantitative estimate of drug-likeness (QED) is 0.702. The van der Waals surface area contributed by atoms with E-state index in [-0.39, 0.29) is 17.5 Å². The van der Waals surface area contributed by atoms with E-state index < -0.39 is 6.04 Å². The van der Waals surface area contributed by atoms with Crippen LogP contribution in [-0.4, -0.2) is 41.5 Å². The minimum atomic E-state index is -0.527. The maximum absolute atomic E-state index is 12.6. The lowest BCUT2D eigenvalue weighted by Crippen LogP contribution is -2.46. The van der Waals surface area contributed by atoms with Crippen molar-refractivity contribution in [3.63, 3.8) is 0 Å². The SMILES string of the molecule is CNC(=O)[C@H](CC1CC1)NC(=O)c1cnc(C2CC2)c(OCC2CC2)n1. The fourth-order valence-electron chi connectivity index (χ4n) is 3.04. The molecule has 7 nitrogen and oxygen atoms in total. The highest BCUT2D eigenvalue weighted by Crippen LogP contribution is 2.43. The molecule has 2 amide bonds. The van der Waals surface area contributed by atoms with E-state index in [1.807, 2.05) is 0 Å². The van der Waals surface area contributed by atoms with Crippen LogP contribution in [-0.2, 0) is 4.79 Å². The predicted octanol–water partition coefficient (Wildman–Crippen LogP) is 1.79. The van der Waals surface area contributed by atoms with Gasteiger partial charge < -0.3 is 15.4 Å². The molecular weight excluding hydrogens is 332 g/mol. The molecule has 7 heteroatoms. The zero-order chi connectivity index (χ0) is 18.1. The number of hydrogen-bond acceptors (Lipinski definition) is 5. The third-order valence-electron chi connectivity index (χ3n) is 5.25. The fraction of sp³-hybridized carbons (Fsp3) is 0.684. The van der Waals surface area contributed by atoms with Gasteiger partial charge in [0.2, 0.25) is 11.8 Å². The van der Waals surface area contributed by atoms with Gasteiger partial charge in [0.15, 0.2) is 0 Å². The van der Waals surface area contributed by atoms with Crippen molar-refractivity contribution in [2.45, 2.75) is 56.9 Å². The van der Waals surface area contributed by atoms with E-state index in [0.717, 1.165) is 31.4 Å². The van der Waals surface area contributed by atoms with E-state index in [4.69, 9.17) is 4.74 Å². The number of rotatable bonds is 9. The summed E-state index contributed by atoms with van der Waals surface area (Å²) >= 11 is 0. The third-order valence-corrected chi connectivity index (χ3v) is 5.25. The zero-order valence-electron chi connectivity index (χ0n) is 15.2. The highest BCUT2D eigenvalue weighted by atomic mass is 16.5. The third kappa shape index (κ3) is 4.31. The summed E-state index contributed by atoms with van der Waals surface area (Å²) in [6, 6.07) is -0.527. The molecule has 140 valence electrons. The van der Waals surface area contributed by atoms with Crippen molar-refractivity contribution in [1.29, 1.82) is 0 Å². The number of hydrogen-bond donors (Lipinski definition) is 2. The Labute approximate surface area is 153 Å². The van der Waals surface area contributed by atoms with Crippen molar-refractivity contribution in [3.8, 4) is 5.88 Å². The summed E-state index contributed by atoms with van der Waals surface area (Å²) in [7, 11) is 1.59. The van der Waals surface area contributed by atoms with Gasteiger partial charge in [0.05, 0.1) is 12.8 Å². The first-order valence-electron chi connectivity index (χ1n) is 9.66. The number of nitrogens with zero attached hydrogens (tertiary/aromatic N) is 2. The van der Waals surface area contributed by atoms with Crippen LogP contribution in [0.5, 0.6) is 5.88 Å². The molecule has 3 saturated carbocycles. The highest BCUT2D eigenvalue weighted by Gasteiger charge is 2.33. The smallest absolute Gasteiger partial charge is 0.272 e. The van der Waals surface area contributed by atoms with Gasteiger partial charge in [-0.2, -0.15) is 0 Å². The van der Waals surface area contributed by atoms with Crippen molar-refractivity contribution >= 4 is 11.8 Å². The topological polar surface area (TPSA) is 93.2 Å². The fourth-order valence-corrected chi connectivity index (χ4v) is 3.04. The molecule has 0 radical (unpaired) electrons. The second-order valence-electron chi connectivity index (χ2n) is 7.79. The standard InChI is InChI=1S/C19H26N4O3/c1-20-17(24)14(8-11-2-3-11)22-18(25)15-9-21-16(13-6-7-13)19(23-15)26-10-12-4-5-12/h9,11-14H,2-8,10H2,1H3,(H,20,24)(H,22,25)/t14-/m0/s1. The summed E-state index contributed by atoms with van der Waals surface area (Å²) in [6.45, 7) is 0.641. The molecule has 0 aromatic carbocycles. The molecule has 1 aromatic rings. The second-order valence-corrected chi connectivity index (χ2v) is 7.79. The minimum absolute atomic E-state index is 0.169. The van der Waals surface area contributed by atoms with Crippen LogP contribution in [0.1, 0.15) is 67.0 Å². The lowest BCUT2D eigenvalue weighted by atomic mass is 10.1. The second kappa shape index (κ2) is 7.21. The normalized spacial score (nSPS) is 20.3. The summed E-state index contributed by atoms with van der Waals surface area (Å²) in [5.41, 5.74) is 1.08. The van der Waals surface area contributed by atoms with Gasteiger partial charge in [-0.05, 0) is 43.9 Å². The molecule has 1 atom stereocenters. The molecule has 1 aromatic heterocycles. The number of aromatic nitrogens is 2. The van der Waals surface area contributed by atoms with Crippen LogP contribution in [0.4, 0.5) is 0 Å². The average Bonchev–Trinajstić information content (AvgIpc) is 3.48. The number of carbonyl (C=O) groups is 2. The molecule has 0 spiro atoms. The predicted molar refractivity (Wildman–Crippen MR) is 94.9 cm³/mol. The van der Waals surface area contributed by atoms with Crippen molar-refractivity contribution in [2.75, 3.05) is 13.7 Å². The van der Waals surface area contributed by atoms with E-state index in [1.54, 1.807) is 7.05 Å². The summed E-state index contributed by atoms with van der Waals surface area (Å²) in [5.74, 6) is 1.49. The van der Waals surface area contributed by atoms with E-state index in [1.165, 1.54) is 19.0 Å². The number of amides is 2. The minimum Gasteiger partial charge on any atom is -0.476 e. The largest absolute Gasteiger partial charge is 0.476 e. The lowest BCUT2D eigenvalue weighted by molar-refractivity contribution is -0.122. The first kappa shape index (κ1) is 17.2. The van der Waals surface area contributed by atoms with E-state index >= 15 is 0 Å². The van der Waals surface area contributed by atoms with E-state index in [2.05, 4.69) is 20.6 Å². The molecule has 3 aliphatic carbocycles. The number of nitrogens with one attached hydrogen (secondary N) is 2. The Bertz CT molecular complexity index is 696. The number of carbonyl (C=O) groups excluding carboxylic acids is 2. The molecule has 0 saturated heterocycles. The van der Waals surface area contributed by atoms with Gasteiger partial charge >= 0.3 is 0 Å². The van der Waals surface area contributed by atoms with Gasteiger partial charge in [-0.15, -0.1) is 0 Å². The van der Waals surface area contributed by atoms with Gasteiger partial charge in [-0.25, -0.2) is 4.98 Å². The van der Waals surface area contributed by atoms with Crippen molar-refractivity contribution in [3.05, 3.63) is 17.6 Å². The van der Waals surface area contributed by atoms with Gasteiger partial charge in [0, 0.05) is 13.0 Å². The maximum Gasteiger partial charge on any atom is 0.272 e. The first-order valence-corrected chi connectivity index (χ1v) is 9.66. The summed E-state index contributed by atoms with van der Waals surface area (Å²) < 4.78 is 5.87. The van der Waals surface area contributed by atoms with E-state index in [0.29, 0.717) is 36.7 Å². The van der Waals surface area contributed by atoms with Crippen LogP contribution in [0, 0.1) is 11.8 Å². The molecule has 26 heavy (non-hydrogen) atoms. The molecule has 3 aliphatic rings. The van der Waals surface area contributed by atoms with Gasteiger partial charge in [-0.3, -0.25) is 14.6 Å². The lowest BCUT2D eigenvalue weighted by Gasteiger charge is -2.17. The number of ether oxygens (including phenoxy) is 1. The molecule has 0 bridgehead atoms. The molecular formula is C19H26N4O3. The molecule has 0 unspecified atom stereocenters. The van der Waals surface area contributed by atoms with Crippen molar-refractivity contribution < 1.29 is 14.3 Å². The summed E-state index contributed by atoms with van der Waals surface area (Å²) in [5, 5.41) is 5.44. The van der Waals surface area contributed by atoms with Crippen molar-refractivity contribution in [1.82, 2.24) is 20.6 Å². The summed E-state index contributed by atoms with van der Waals surface area (Å²) in [6.07, 6.45) is 9.01. The summed E-state index contributed by atoms with van der Waals surface area (Å²) in [4.78, 5) is 33.6. The van der Waals surface area contributed by atoms with Crippen LogP contribution in [0.25, 0.3) is 0 Å². The molecule has 2 N–H and O–H groups in total. The Balaban J connectivity index is 1.46. The first-order chi connectivity index (χ1) is 12.6. The molecule has 1 heterocycles. The maximum atomic E-state index is 12.6. The number of likely N-dealkylation sites (N-methyl/N-ethyl adjacent to an activating group) is 1. The Morgan fingerprint density at radius 1 is 1.19 bits per heavy atom. The van der Waals surface area contributed by atoms with E-state index in [9.17, 15) is 9.59 Å². The van der Waals surface area contributed by atoms with Crippen LogP contribution < -0.4 is 15.4 Å². The zero-order valence-corrected chi connectivity index (χ0v) is 15.2. The Morgan fingerprint density at radius 2 is 1.92 bits per heavy atom. The van der Waals surface area contributed by atoms with Crippen LogP contribution in [0.15, 0.2) is 6.20 Å². The monoisotopic (exact) mass is 358 g/mol. The Hall–Kier alpha value is -2.18. The Kier molecular flexibility index (Phi) is 4.78. The molecule has 4 rings (SSSR count). The van der Waals surface area contributed by atoms with Gasteiger partial charge in [0.25, 0.3) is 5.91 Å². The van der Waals surface area contributed by atoms with Gasteiger partial charge in [0.1, 0.15) is 17.4 Å². The average molecular weight is 358 g/mol. The van der Waals surface area contributed by atoms with Crippen LogP contribution in [0.3, 0.4) is 0 Å². The highest BCUT2D eigenvalue weighted by molar-refractivity contribution is 5.96. The van der Waals surface area contributed by atoms with Crippen molar-refractivity contribution in [2.24, 2.45) is 11.8 Å². The van der Waals surface area contributed by atoms with Crippen LogP contribution in [0.2, 0.25) is 0 Å². The molecule has 0 aliphatic heterocycles. The Morgan fingerprint density at radius 3 is 2.54 bits per heavy atom.